The van der Waals surface area contributed by atoms with E-state index in [1.54, 1.807) is 12.4 Å². The van der Waals surface area contributed by atoms with Crippen molar-refractivity contribution in [1.29, 1.82) is 0 Å². The summed E-state index contributed by atoms with van der Waals surface area (Å²) in [7, 11) is 0. The first-order valence-electron chi connectivity index (χ1n) is 5.74. The van der Waals surface area contributed by atoms with Gasteiger partial charge in [-0.25, -0.2) is 0 Å². The quantitative estimate of drug-likeness (QED) is 0.906. The van der Waals surface area contributed by atoms with Gasteiger partial charge >= 0.3 is 0 Å². The van der Waals surface area contributed by atoms with Crippen LogP contribution in [0.25, 0.3) is 0 Å². The SMILES string of the molecule is C[C@@H](NCc1ccncc1Cl)c1cccc(Cl)c1. The Labute approximate surface area is 117 Å². The number of hydrogen-bond donors (Lipinski definition) is 1. The average Bonchev–Trinajstić information content (AvgIpc) is 2.37. The molecule has 0 unspecified atom stereocenters. The minimum Gasteiger partial charge on any atom is -0.306 e. The van der Waals surface area contributed by atoms with Crippen molar-refractivity contribution >= 4 is 23.2 Å². The first kappa shape index (κ1) is 13.3. The molecule has 0 aliphatic carbocycles. The number of rotatable bonds is 4. The molecule has 0 radical (unpaired) electrons. The van der Waals surface area contributed by atoms with Gasteiger partial charge in [0.15, 0.2) is 0 Å². The summed E-state index contributed by atoms with van der Waals surface area (Å²) in [4.78, 5) is 3.96. The van der Waals surface area contributed by atoms with Crippen LogP contribution in [0.4, 0.5) is 0 Å². The van der Waals surface area contributed by atoms with Crippen LogP contribution in [0.2, 0.25) is 10.0 Å². The lowest BCUT2D eigenvalue weighted by Gasteiger charge is -2.15. The highest BCUT2D eigenvalue weighted by atomic mass is 35.5. The van der Waals surface area contributed by atoms with Crippen molar-refractivity contribution in [2.45, 2.75) is 19.5 Å². The Morgan fingerprint density at radius 1 is 1.28 bits per heavy atom. The maximum absolute atomic E-state index is 6.06. The average molecular weight is 281 g/mol. The zero-order valence-corrected chi connectivity index (χ0v) is 11.5. The predicted octanol–water partition coefficient (Wildman–Crippen LogP) is 4.24. The Morgan fingerprint density at radius 3 is 2.83 bits per heavy atom. The lowest BCUT2D eigenvalue weighted by Crippen LogP contribution is -2.18. The van der Waals surface area contributed by atoms with E-state index in [0.29, 0.717) is 11.6 Å². The normalized spacial score (nSPS) is 12.4. The molecule has 94 valence electrons. The fraction of sp³-hybridized carbons (Fsp3) is 0.214. The van der Waals surface area contributed by atoms with E-state index < -0.39 is 0 Å². The summed E-state index contributed by atoms with van der Waals surface area (Å²) in [6, 6.07) is 9.98. The molecule has 1 aromatic carbocycles. The van der Waals surface area contributed by atoms with Crippen LogP contribution in [0.15, 0.2) is 42.7 Å². The summed E-state index contributed by atoms with van der Waals surface area (Å²) < 4.78 is 0. The fourth-order valence-electron chi connectivity index (χ4n) is 1.70. The van der Waals surface area contributed by atoms with E-state index in [2.05, 4.69) is 23.3 Å². The molecule has 0 amide bonds. The van der Waals surface area contributed by atoms with Gasteiger partial charge in [0.2, 0.25) is 0 Å². The van der Waals surface area contributed by atoms with Gasteiger partial charge in [0.05, 0.1) is 5.02 Å². The van der Waals surface area contributed by atoms with E-state index in [-0.39, 0.29) is 6.04 Å². The van der Waals surface area contributed by atoms with E-state index in [4.69, 9.17) is 23.2 Å². The number of halogens is 2. The van der Waals surface area contributed by atoms with Crippen molar-refractivity contribution in [3.8, 4) is 0 Å². The molecule has 0 saturated heterocycles. The van der Waals surface area contributed by atoms with E-state index in [9.17, 15) is 0 Å². The first-order valence-corrected chi connectivity index (χ1v) is 6.49. The summed E-state index contributed by atoms with van der Waals surface area (Å²) in [6.07, 6.45) is 3.40. The van der Waals surface area contributed by atoms with Crippen LogP contribution >= 0.6 is 23.2 Å². The van der Waals surface area contributed by atoms with Gasteiger partial charge in [0, 0.05) is 30.0 Å². The number of benzene rings is 1. The fourth-order valence-corrected chi connectivity index (χ4v) is 2.09. The van der Waals surface area contributed by atoms with Crippen LogP contribution in [0.3, 0.4) is 0 Å². The van der Waals surface area contributed by atoms with Gasteiger partial charge in [0.1, 0.15) is 0 Å². The topological polar surface area (TPSA) is 24.9 Å². The Hall–Kier alpha value is -1.09. The molecule has 0 aliphatic heterocycles. The molecule has 0 aliphatic rings. The molecule has 0 spiro atoms. The molecule has 1 N–H and O–H groups in total. The zero-order valence-electron chi connectivity index (χ0n) is 10.0. The largest absolute Gasteiger partial charge is 0.306 e. The minimum atomic E-state index is 0.216. The molecule has 2 nitrogen and oxygen atoms in total. The molecule has 4 heteroatoms. The number of aromatic nitrogens is 1. The van der Waals surface area contributed by atoms with E-state index in [1.807, 2.05) is 24.3 Å². The third-order valence-corrected chi connectivity index (χ3v) is 3.38. The highest BCUT2D eigenvalue weighted by molar-refractivity contribution is 6.31. The molecular formula is C14H14Cl2N2. The summed E-state index contributed by atoms with van der Waals surface area (Å²) in [6.45, 7) is 2.80. The number of nitrogens with zero attached hydrogens (tertiary/aromatic N) is 1. The Balaban J connectivity index is 2.00. The van der Waals surface area contributed by atoms with Gasteiger partial charge in [-0.2, -0.15) is 0 Å². The lowest BCUT2D eigenvalue weighted by atomic mass is 10.1. The van der Waals surface area contributed by atoms with E-state index in [1.165, 1.54) is 0 Å². The molecule has 1 aromatic heterocycles. The molecule has 18 heavy (non-hydrogen) atoms. The monoisotopic (exact) mass is 280 g/mol. The molecule has 1 atom stereocenters. The molecule has 1 heterocycles. The second-order valence-electron chi connectivity index (χ2n) is 4.12. The third kappa shape index (κ3) is 3.45. The van der Waals surface area contributed by atoms with Crippen LogP contribution in [0.1, 0.15) is 24.1 Å². The molecule has 2 rings (SSSR count). The van der Waals surface area contributed by atoms with Crippen molar-refractivity contribution in [1.82, 2.24) is 10.3 Å². The first-order chi connectivity index (χ1) is 8.66. The highest BCUT2D eigenvalue weighted by Crippen LogP contribution is 2.19. The van der Waals surface area contributed by atoms with Crippen LogP contribution in [0, 0.1) is 0 Å². The van der Waals surface area contributed by atoms with Crippen molar-refractivity contribution in [2.75, 3.05) is 0 Å². The Kier molecular flexibility index (Phi) is 4.59. The second kappa shape index (κ2) is 6.19. The van der Waals surface area contributed by atoms with Crippen LogP contribution in [-0.4, -0.2) is 4.98 Å². The summed E-state index contributed by atoms with van der Waals surface area (Å²) in [5, 5.41) is 4.85. The molecule has 0 fully saturated rings. The van der Waals surface area contributed by atoms with Crippen LogP contribution < -0.4 is 5.32 Å². The Morgan fingerprint density at radius 2 is 2.11 bits per heavy atom. The highest BCUT2D eigenvalue weighted by Gasteiger charge is 2.06. The van der Waals surface area contributed by atoms with E-state index in [0.717, 1.165) is 16.1 Å². The van der Waals surface area contributed by atoms with Gasteiger partial charge in [-0.1, -0.05) is 35.3 Å². The maximum Gasteiger partial charge on any atom is 0.0634 e. The molecule has 0 saturated carbocycles. The zero-order chi connectivity index (χ0) is 13.0. The molecule has 0 bridgehead atoms. The standard InChI is InChI=1S/C14H14Cl2N2/c1-10(11-3-2-4-13(15)7-11)18-8-12-5-6-17-9-14(12)16/h2-7,9-10,18H,8H2,1H3/t10-/m1/s1. The third-order valence-electron chi connectivity index (χ3n) is 2.80. The van der Waals surface area contributed by atoms with Crippen molar-refractivity contribution < 1.29 is 0 Å². The predicted molar refractivity (Wildman–Crippen MR) is 76.0 cm³/mol. The van der Waals surface area contributed by atoms with Crippen LogP contribution in [0.5, 0.6) is 0 Å². The van der Waals surface area contributed by atoms with Crippen molar-refractivity contribution in [2.24, 2.45) is 0 Å². The summed E-state index contributed by atoms with van der Waals surface area (Å²) in [5.74, 6) is 0. The lowest BCUT2D eigenvalue weighted by molar-refractivity contribution is 0.574. The summed E-state index contributed by atoms with van der Waals surface area (Å²) in [5.41, 5.74) is 2.20. The second-order valence-corrected chi connectivity index (χ2v) is 4.97. The number of nitrogens with one attached hydrogen (secondary N) is 1. The van der Waals surface area contributed by atoms with Crippen molar-refractivity contribution in [3.63, 3.8) is 0 Å². The van der Waals surface area contributed by atoms with Gasteiger partial charge in [-0.05, 0) is 36.2 Å². The van der Waals surface area contributed by atoms with Crippen LogP contribution in [-0.2, 0) is 6.54 Å². The Bertz CT molecular complexity index is 529. The minimum absolute atomic E-state index is 0.216. The van der Waals surface area contributed by atoms with Gasteiger partial charge in [0.25, 0.3) is 0 Å². The number of hydrogen-bond acceptors (Lipinski definition) is 2. The number of pyridine rings is 1. The smallest absolute Gasteiger partial charge is 0.0634 e. The van der Waals surface area contributed by atoms with Gasteiger partial charge in [-0.15, -0.1) is 0 Å². The van der Waals surface area contributed by atoms with Crippen molar-refractivity contribution in [3.05, 3.63) is 63.9 Å². The van der Waals surface area contributed by atoms with E-state index >= 15 is 0 Å². The molecule has 2 aromatic rings. The van der Waals surface area contributed by atoms with Gasteiger partial charge < -0.3 is 5.32 Å². The van der Waals surface area contributed by atoms with Gasteiger partial charge in [-0.3, -0.25) is 4.98 Å². The molecular weight excluding hydrogens is 267 g/mol. The summed E-state index contributed by atoms with van der Waals surface area (Å²) >= 11 is 12.0. The maximum atomic E-state index is 6.06.